The molecular weight excluding hydrogens is 214 g/mol. The maximum absolute atomic E-state index is 10.00. The van der Waals surface area contributed by atoms with Gasteiger partial charge in [0, 0.05) is 5.92 Å². The Morgan fingerprint density at radius 1 is 1.35 bits per heavy atom. The SMILES string of the molecule is N#CC1(C2COCC2O)CCc2ccccc21. The molecule has 3 unspecified atom stereocenters. The summed E-state index contributed by atoms with van der Waals surface area (Å²) in [6, 6.07) is 10.5. The highest BCUT2D eigenvalue weighted by Gasteiger charge is 2.50. The summed E-state index contributed by atoms with van der Waals surface area (Å²) in [5, 5.41) is 19.6. The molecule has 1 N–H and O–H groups in total. The Hall–Kier alpha value is -1.37. The van der Waals surface area contributed by atoms with Crippen LogP contribution < -0.4 is 0 Å². The van der Waals surface area contributed by atoms with E-state index in [2.05, 4.69) is 12.1 Å². The number of aryl methyl sites for hydroxylation is 1. The first-order valence-electron chi connectivity index (χ1n) is 6.03. The fourth-order valence-corrected chi connectivity index (χ4v) is 3.24. The van der Waals surface area contributed by atoms with E-state index in [0.29, 0.717) is 13.2 Å². The molecule has 1 fully saturated rings. The molecular formula is C14H15NO2. The monoisotopic (exact) mass is 229 g/mol. The fourth-order valence-electron chi connectivity index (χ4n) is 3.24. The molecule has 2 aliphatic rings. The van der Waals surface area contributed by atoms with Crippen molar-refractivity contribution in [1.82, 2.24) is 0 Å². The average molecular weight is 229 g/mol. The lowest BCUT2D eigenvalue weighted by molar-refractivity contribution is 0.105. The number of aliphatic hydroxyl groups is 1. The number of nitrogens with zero attached hydrogens (tertiary/aromatic N) is 1. The van der Waals surface area contributed by atoms with Crippen molar-refractivity contribution in [3.8, 4) is 6.07 Å². The Morgan fingerprint density at radius 3 is 2.88 bits per heavy atom. The maximum Gasteiger partial charge on any atom is 0.0903 e. The molecule has 0 radical (unpaired) electrons. The topological polar surface area (TPSA) is 53.2 Å². The summed E-state index contributed by atoms with van der Waals surface area (Å²) < 4.78 is 5.32. The molecule has 3 rings (SSSR count). The second-order valence-electron chi connectivity index (χ2n) is 4.95. The molecule has 1 aromatic rings. The Labute approximate surface area is 101 Å². The van der Waals surface area contributed by atoms with Crippen molar-refractivity contribution in [2.24, 2.45) is 5.92 Å². The molecule has 1 aliphatic heterocycles. The molecule has 1 aliphatic carbocycles. The molecule has 0 saturated carbocycles. The summed E-state index contributed by atoms with van der Waals surface area (Å²) in [5.41, 5.74) is 1.79. The quantitative estimate of drug-likeness (QED) is 0.792. The molecule has 17 heavy (non-hydrogen) atoms. The van der Waals surface area contributed by atoms with Crippen LogP contribution in [-0.2, 0) is 16.6 Å². The smallest absolute Gasteiger partial charge is 0.0903 e. The first-order valence-corrected chi connectivity index (χ1v) is 6.03. The van der Waals surface area contributed by atoms with Crippen molar-refractivity contribution in [2.45, 2.75) is 24.4 Å². The summed E-state index contributed by atoms with van der Waals surface area (Å²) >= 11 is 0. The number of nitriles is 1. The summed E-state index contributed by atoms with van der Waals surface area (Å²) in [5.74, 6) is -0.0869. The van der Waals surface area contributed by atoms with Crippen LogP contribution in [0.1, 0.15) is 17.5 Å². The standard InChI is InChI=1S/C14H15NO2/c15-9-14(12-7-17-8-13(12)16)6-5-10-3-1-2-4-11(10)14/h1-4,12-13,16H,5-8H2. The van der Waals surface area contributed by atoms with Crippen LogP contribution in [0.2, 0.25) is 0 Å². The van der Waals surface area contributed by atoms with E-state index in [9.17, 15) is 10.4 Å². The number of hydrogen-bond acceptors (Lipinski definition) is 3. The van der Waals surface area contributed by atoms with Crippen LogP contribution >= 0.6 is 0 Å². The Balaban J connectivity index is 2.08. The van der Waals surface area contributed by atoms with E-state index in [-0.39, 0.29) is 5.92 Å². The minimum absolute atomic E-state index is 0.0869. The van der Waals surface area contributed by atoms with Gasteiger partial charge in [-0.15, -0.1) is 0 Å². The van der Waals surface area contributed by atoms with Crippen LogP contribution in [0.3, 0.4) is 0 Å². The highest BCUT2D eigenvalue weighted by atomic mass is 16.5. The summed E-state index contributed by atoms with van der Waals surface area (Å²) in [6.45, 7) is 0.847. The molecule has 1 aromatic carbocycles. The predicted octanol–water partition coefficient (Wildman–Crippen LogP) is 1.40. The highest BCUT2D eigenvalue weighted by molar-refractivity contribution is 5.45. The number of aliphatic hydroxyl groups excluding tert-OH is 1. The molecule has 0 bridgehead atoms. The fraction of sp³-hybridized carbons (Fsp3) is 0.500. The van der Waals surface area contributed by atoms with Crippen LogP contribution in [0, 0.1) is 17.2 Å². The average Bonchev–Trinajstić information content (AvgIpc) is 2.94. The zero-order valence-electron chi connectivity index (χ0n) is 9.60. The van der Waals surface area contributed by atoms with Crippen molar-refractivity contribution in [3.05, 3.63) is 35.4 Å². The van der Waals surface area contributed by atoms with Gasteiger partial charge in [-0.05, 0) is 24.0 Å². The van der Waals surface area contributed by atoms with Gasteiger partial charge in [-0.1, -0.05) is 24.3 Å². The van der Waals surface area contributed by atoms with Crippen LogP contribution in [0.25, 0.3) is 0 Å². The van der Waals surface area contributed by atoms with Gasteiger partial charge in [0.1, 0.15) is 0 Å². The molecule has 1 heterocycles. The van der Waals surface area contributed by atoms with Crippen LogP contribution in [0.4, 0.5) is 0 Å². The number of hydrogen-bond donors (Lipinski definition) is 1. The summed E-state index contributed by atoms with van der Waals surface area (Å²) in [6.07, 6.45) is 1.21. The van der Waals surface area contributed by atoms with Crippen molar-refractivity contribution in [1.29, 1.82) is 5.26 Å². The van der Waals surface area contributed by atoms with Crippen molar-refractivity contribution < 1.29 is 9.84 Å². The summed E-state index contributed by atoms with van der Waals surface area (Å²) in [4.78, 5) is 0. The first-order chi connectivity index (χ1) is 8.28. The number of ether oxygens (including phenoxy) is 1. The van der Waals surface area contributed by atoms with E-state index in [1.807, 2.05) is 18.2 Å². The highest BCUT2D eigenvalue weighted by Crippen LogP contribution is 2.46. The molecule has 0 amide bonds. The van der Waals surface area contributed by atoms with Gasteiger partial charge in [0.2, 0.25) is 0 Å². The lowest BCUT2D eigenvalue weighted by atomic mass is 9.71. The van der Waals surface area contributed by atoms with E-state index in [1.165, 1.54) is 5.56 Å². The van der Waals surface area contributed by atoms with Crippen LogP contribution in [0.5, 0.6) is 0 Å². The third kappa shape index (κ3) is 1.41. The molecule has 0 spiro atoms. The molecule has 1 saturated heterocycles. The lowest BCUT2D eigenvalue weighted by Gasteiger charge is -2.30. The van der Waals surface area contributed by atoms with Gasteiger partial charge in [0.25, 0.3) is 0 Å². The second-order valence-corrected chi connectivity index (χ2v) is 4.95. The zero-order valence-corrected chi connectivity index (χ0v) is 9.60. The minimum Gasteiger partial charge on any atom is -0.390 e. The molecule has 3 nitrogen and oxygen atoms in total. The first kappa shape index (κ1) is 10.8. The zero-order chi connectivity index (χ0) is 11.9. The Kier molecular flexibility index (Phi) is 2.43. The van der Waals surface area contributed by atoms with E-state index in [4.69, 9.17) is 4.74 Å². The van der Waals surface area contributed by atoms with Gasteiger partial charge >= 0.3 is 0 Å². The second kappa shape index (κ2) is 3.83. The van der Waals surface area contributed by atoms with E-state index in [1.54, 1.807) is 0 Å². The summed E-state index contributed by atoms with van der Waals surface area (Å²) in [7, 11) is 0. The van der Waals surface area contributed by atoms with E-state index >= 15 is 0 Å². The number of rotatable bonds is 1. The van der Waals surface area contributed by atoms with Gasteiger partial charge in [0.15, 0.2) is 0 Å². The molecule has 88 valence electrons. The molecule has 0 aromatic heterocycles. The maximum atomic E-state index is 10.00. The van der Waals surface area contributed by atoms with Gasteiger partial charge in [-0.3, -0.25) is 0 Å². The minimum atomic E-state index is -0.549. The largest absolute Gasteiger partial charge is 0.390 e. The normalized spacial score (nSPS) is 35.5. The number of benzene rings is 1. The van der Waals surface area contributed by atoms with Crippen molar-refractivity contribution >= 4 is 0 Å². The Bertz CT molecular complexity index is 479. The van der Waals surface area contributed by atoms with Gasteiger partial charge in [-0.25, -0.2) is 0 Å². The van der Waals surface area contributed by atoms with E-state index in [0.717, 1.165) is 18.4 Å². The van der Waals surface area contributed by atoms with Crippen LogP contribution in [0.15, 0.2) is 24.3 Å². The third-order valence-corrected chi connectivity index (χ3v) is 4.17. The third-order valence-electron chi connectivity index (χ3n) is 4.17. The van der Waals surface area contributed by atoms with Gasteiger partial charge in [0.05, 0.1) is 30.8 Å². The Morgan fingerprint density at radius 2 is 2.18 bits per heavy atom. The predicted molar refractivity (Wildman–Crippen MR) is 62.4 cm³/mol. The molecule has 3 heteroatoms. The van der Waals surface area contributed by atoms with Crippen LogP contribution in [-0.4, -0.2) is 24.4 Å². The van der Waals surface area contributed by atoms with E-state index < -0.39 is 11.5 Å². The lowest BCUT2D eigenvalue weighted by Crippen LogP contribution is -2.38. The number of fused-ring (bicyclic) bond motifs is 1. The van der Waals surface area contributed by atoms with Gasteiger partial charge < -0.3 is 9.84 Å². The van der Waals surface area contributed by atoms with Crippen molar-refractivity contribution in [3.63, 3.8) is 0 Å². The van der Waals surface area contributed by atoms with Crippen molar-refractivity contribution in [2.75, 3.05) is 13.2 Å². The molecule has 3 atom stereocenters. The van der Waals surface area contributed by atoms with Gasteiger partial charge in [-0.2, -0.15) is 5.26 Å².